The zero-order valence-electron chi connectivity index (χ0n) is 15.2. The van der Waals surface area contributed by atoms with E-state index >= 15 is 0 Å². The molecular weight excluding hydrogens is 391 g/mol. The Balaban J connectivity index is 1.47. The summed E-state index contributed by atoms with van der Waals surface area (Å²) in [6, 6.07) is 12.6. The van der Waals surface area contributed by atoms with Crippen molar-refractivity contribution < 1.29 is 18.0 Å². The largest absolute Gasteiger partial charge is 0.416 e. The number of carbonyl (C=O) groups is 1. The molecule has 28 heavy (non-hydrogen) atoms. The number of anilines is 1. The summed E-state index contributed by atoms with van der Waals surface area (Å²) in [6.07, 6.45) is -3.68. The number of nitrogens with one attached hydrogen (secondary N) is 1. The van der Waals surface area contributed by atoms with Gasteiger partial charge in [0.05, 0.1) is 5.56 Å². The number of alkyl halides is 3. The highest BCUT2D eigenvalue weighted by Gasteiger charge is 2.31. The molecule has 0 saturated carbocycles. The fourth-order valence-electron chi connectivity index (χ4n) is 3.16. The summed E-state index contributed by atoms with van der Waals surface area (Å²) in [4.78, 5) is 15.9. The van der Waals surface area contributed by atoms with E-state index in [1.807, 2.05) is 23.1 Å². The third-order valence-electron chi connectivity index (χ3n) is 4.68. The summed E-state index contributed by atoms with van der Waals surface area (Å²) < 4.78 is 38.6. The molecule has 1 aliphatic rings. The van der Waals surface area contributed by atoms with Crippen LogP contribution < -0.4 is 10.2 Å². The van der Waals surface area contributed by atoms with Gasteiger partial charge in [0.15, 0.2) is 0 Å². The second kappa shape index (κ2) is 8.73. The first-order chi connectivity index (χ1) is 13.3. The third kappa shape index (κ3) is 5.32. The van der Waals surface area contributed by atoms with Gasteiger partial charge in [-0.05, 0) is 42.3 Å². The first-order valence-electron chi connectivity index (χ1n) is 9.02. The quantitative estimate of drug-likeness (QED) is 0.807. The lowest BCUT2D eigenvalue weighted by Gasteiger charge is -2.36. The van der Waals surface area contributed by atoms with Crippen molar-refractivity contribution in [3.63, 3.8) is 0 Å². The molecule has 0 aliphatic carbocycles. The minimum atomic E-state index is -4.36. The number of piperazine rings is 1. The highest BCUT2D eigenvalue weighted by molar-refractivity contribution is 6.30. The molecule has 1 saturated heterocycles. The lowest BCUT2D eigenvalue weighted by molar-refractivity contribution is -0.137. The van der Waals surface area contributed by atoms with E-state index in [1.165, 1.54) is 6.07 Å². The van der Waals surface area contributed by atoms with Gasteiger partial charge in [-0.1, -0.05) is 29.8 Å². The van der Waals surface area contributed by atoms with Gasteiger partial charge in [-0.2, -0.15) is 13.2 Å². The summed E-state index contributed by atoms with van der Waals surface area (Å²) in [5.74, 6) is 0. The van der Waals surface area contributed by atoms with E-state index in [0.29, 0.717) is 49.9 Å². The number of urea groups is 1. The van der Waals surface area contributed by atoms with Crippen molar-refractivity contribution in [1.82, 2.24) is 10.2 Å². The van der Waals surface area contributed by atoms with Crippen molar-refractivity contribution >= 4 is 23.3 Å². The molecule has 1 aliphatic heterocycles. The van der Waals surface area contributed by atoms with Crippen LogP contribution in [0.1, 0.15) is 11.1 Å². The predicted molar refractivity (Wildman–Crippen MR) is 104 cm³/mol. The van der Waals surface area contributed by atoms with Crippen LogP contribution in [0.4, 0.5) is 23.7 Å². The maximum atomic E-state index is 12.9. The Bertz CT molecular complexity index is 820. The number of amides is 2. The summed E-state index contributed by atoms with van der Waals surface area (Å²) in [7, 11) is 0. The van der Waals surface area contributed by atoms with Gasteiger partial charge in [-0.25, -0.2) is 4.79 Å². The van der Waals surface area contributed by atoms with Gasteiger partial charge in [-0.3, -0.25) is 0 Å². The molecule has 3 rings (SSSR count). The van der Waals surface area contributed by atoms with Crippen LogP contribution in [0.5, 0.6) is 0 Å². The molecule has 1 heterocycles. The van der Waals surface area contributed by atoms with Crippen LogP contribution in [0.15, 0.2) is 48.5 Å². The van der Waals surface area contributed by atoms with Crippen LogP contribution in [0.2, 0.25) is 5.02 Å². The number of nitrogens with zero attached hydrogens (tertiary/aromatic N) is 2. The number of hydrogen-bond acceptors (Lipinski definition) is 2. The highest BCUT2D eigenvalue weighted by Crippen LogP contribution is 2.31. The van der Waals surface area contributed by atoms with Crippen molar-refractivity contribution in [2.24, 2.45) is 0 Å². The number of hydrogen-bond donors (Lipinski definition) is 1. The maximum absolute atomic E-state index is 12.9. The number of benzene rings is 2. The van der Waals surface area contributed by atoms with E-state index in [9.17, 15) is 18.0 Å². The Morgan fingerprint density at radius 1 is 1.04 bits per heavy atom. The summed E-state index contributed by atoms with van der Waals surface area (Å²) in [5.41, 5.74) is 0.907. The maximum Gasteiger partial charge on any atom is 0.416 e. The molecule has 0 aromatic heterocycles. The van der Waals surface area contributed by atoms with Gasteiger partial charge in [0.1, 0.15) is 0 Å². The smallest absolute Gasteiger partial charge is 0.368 e. The van der Waals surface area contributed by atoms with Gasteiger partial charge < -0.3 is 15.1 Å². The summed E-state index contributed by atoms with van der Waals surface area (Å²) in [5, 5.41) is 3.54. The van der Waals surface area contributed by atoms with Crippen LogP contribution >= 0.6 is 11.6 Å². The SMILES string of the molecule is O=C(NCCc1cccc(Cl)c1)N1CCN(c2cccc(C(F)(F)F)c2)CC1. The van der Waals surface area contributed by atoms with E-state index in [1.54, 1.807) is 17.0 Å². The minimum absolute atomic E-state index is 0.161. The van der Waals surface area contributed by atoms with Crippen molar-refractivity contribution in [3.8, 4) is 0 Å². The molecule has 2 amide bonds. The molecule has 2 aromatic rings. The van der Waals surface area contributed by atoms with Crippen molar-refractivity contribution in [1.29, 1.82) is 0 Å². The summed E-state index contributed by atoms with van der Waals surface area (Å²) in [6.45, 7) is 2.39. The lowest BCUT2D eigenvalue weighted by Crippen LogP contribution is -2.52. The predicted octanol–water partition coefficient (Wildman–Crippen LogP) is 4.43. The first-order valence-corrected chi connectivity index (χ1v) is 9.40. The molecule has 4 nitrogen and oxygen atoms in total. The molecule has 0 spiro atoms. The standard InChI is InChI=1S/C20H21ClF3N3O/c21-17-5-1-3-15(13-17)7-8-25-19(28)27-11-9-26(10-12-27)18-6-2-4-16(14-18)20(22,23)24/h1-6,13-14H,7-12H2,(H,25,28). The Kier molecular flexibility index (Phi) is 6.34. The molecule has 0 atom stereocenters. The van der Waals surface area contributed by atoms with Crippen LogP contribution in [0.25, 0.3) is 0 Å². The molecule has 1 N–H and O–H groups in total. The Morgan fingerprint density at radius 3 is 2.43 bits per heavy atom. The fourth-order valence-corrected chi connectivity index (χ4v) is 3.38. The average Bonchev–Trinajstić information content (AvgIpc) is 2.67. The topological polar surface area (TPSA) is 35.6 Å². The zero-order valence-corrected chi connectivity index (χ0v) is 15.9. The Labute approximate surface area is 166 Å². The molecule has 8 heteroatoms. The fraction of sp³-hybridized carbons (Fsp3) is 0.350. The van der Waals surface area contributed by atoms with Crippen molar-refractivity contribution in [2.75, 3.05) is 37.6 Å². The molecular formula is C20H21ClF3N3O. The number of halogens is 4. The molecule has 0 bridgehead atoms. The second-order valence-electron chi connectivity index (χ2n) is 6.63. The second-order valence-corrected chi connectivity index (χ2v) is 7.07. The van der Waals surface area contributed by atoms with Gasteiger partial charge in [0, 0.05) is 43.4 Å². The van der Waals surface area contributed by atoms with E-state index in [2.05, 4.69) is 5.32 Å². The monoisotopic (exact) mass is 411 g/mol. The third-order valence-corrected chi connectivity index (χ3v) is 4.92. The van der Waals surface area contributed by atoms with Crippen LogP contribution in [0.3, 0.4) is 0 Å². The first kappa shape index (κ1) is 20.3. The van der Waals surface area contributed by atoms with E-state index < -0.39 is 11.7 Å². The van der Waals surface area contributed by atoms with Crippen molar-refractivity contribution in [3.05, 3.63) is 64.7 Å². The summed E-state index contributed by atoms with van der Waals surface area (Å²) >= 11 is 5.94. The zero-order chi connectivity index (χ0) is 20.1. The minimum Gasteiger partial charge on any atom is -0.368 e. The molecule has 2 aromatic carbocycles. The van der Waals surface area contributed by atoms with Gasteiger partial charge in [-0.15, -0.1) is 0 Å². The highest BCUT2D eigenvalue weighted by atomic mass is 35.5. The molecule has 0 unspecified atom stereocenters. The Hall–Kier alpha value is -2.41. The van der Waals surface area contributed by atoms with E-state index in [-0.39, 0.29) is 6.03 Å². The number of carbonyl (C=O) groups excluding carboxylic acids is 1. The lowest BCUT2D eigenvalue weighted by atomic mass is 10.1. The number of rotatable bonds is 4. The van der Waals surface area contributed by atoms with Crippen LogP contribution in [-0.2, 0) is 12.6 Å². The Morgan fingerprint density at radius 2 is 1.75 bits per heavy atom. The average molecular weight is 412 g/mol. The molecule has 150 valence electrons. The normalized spacial score (nSPS) is 14.9. The van der Waals surface area contributed by atoms with E-state index in [4.69, 9.17) is 11.6 Å². The van der Waals surface area contributed by atoms with Crippen LogP contribution in [-0.4, -0.2) is 43.7 Å². The van der Waals surface area contributed by atoms with Gasteiger partial charge >= 0.3 is 12.2 Å². The molecule has 1 fully saturated rings. The molecule has 0 radical (unpaired) electrons. The van der Waals surface area contributed by atoms with Gasteiger partial charge in [0.2, 0.25) is 0 Å². The van der Waals surface area contributed by atoms with E-state index in [0.717, 1.165) is 17.7 Å². The van der Waals surface area contributed by atoms with Crippen molar-refractivity contribution in [2.45, 2.75) is 12.6 Å². The van der Waals surface area contributed by atoms with Gasteiger partial charge in [0.25, 0.3) is 0 Å². The van der Waals surface area contributed by atoms with Crippen LogP contribution in [0, 0.1) is 0 Å².